The van der Waals surface area contributed by atoms with E-state index in [9.17, 15) is 15.0 Å². The van der Waals surface area contributed by atoms with Crippen molar-refractivity contribution in [2.45, 2.75) is 19.4 Å². The Bertz CT molecular complexity index is 687. The molecule has 0 fully saturated rings. The van der Waals surface area contributed by atoms with E-state index in [1.807, 2.05) is 37.3 Å². The Hall–Kier alpha value is -3.02. The summed E-state index contributed by atoms with van der Waals surface area (Å²) in [6.07, 6.45) is 1.92. The molecule has 2 aromatic carbocycles. The number of hydrazone groups is 1. The standard InChI is InChI=1S/C17H19N3O3/c1-2-15(19-13-6-4-3-5-7-13)17(23)20-18-11-12-8-9-14(21)10-16(12)22/h3-11,15,19,21-22H,2H2,1H3,(H,20,23)/b18-11-/t15-/m0/s1. The number of phenols is 2. The fourth-order valence-corrected chi connectivity index (χ4v) is 1.97. The molecule has 0 aliphatic rings. The third-order valence-electron chi connectivity index (χ3n) is 3.23. The summed E-state index contributed by atoms with van der Waals surface area (Å²) in [5.74, 6) is -0.426. The molecule has 0 aromatic heterocycles. The summed E-state index contributed by atoms with van der Waals surface area (Å²) < 4.78 is 0. The second-order valence-electron chi connectivity index (χ2n) is 4.95. The predicted octanol–water partition coefficient (Wildman–Crippen LogP) is 2.44. The van der Waals surface area contributed by atoms with Crippen LogP contribution in [0.4, 0.5) is 5.69 Å². The molecule has 0 saturated heterocycles. The quantitative estimate of drug-likeness (QED) is 0.487. The van der Waals surface area contributed by atoms with Crippen molar-refractivity contribution >= 4 is 17.8 Å². The summed E-state index contributed by atoms with van der Waals surface area (Å²) in [5, 5.41) is 25.8. The van der Waals surface area contributed by atoms with Crippen molar-refractivity contribution in [3.63, 3.8) is 0 Å². The van der Waals surface area contributed by atoms with E-state index in [-0.39, 0.29) is 17.4 Å². The molecule has 0 aliphatic heterocycles. The van der Waals surface area contributed by atoms with Gasteiger partial charge in [-0.1, -0.05) is 25.1 Å². The van der Waals surface area contributed by atoms with Crippen LogP contribution >= 0.6 is 0 Å². The molecule has 2 rings (SSSR count). The maximum absolute atomic E-state index is 12.1. The Morgan fingerprint density at radius 2 is 1.96 bits per heavy atom. The smallest absolute Gasteiger partial charge is 0.262 e. The monoisotopic (exact) mass is 313 g/mol. The first-order valence-electron chi connectivity index (χ1n) is 7.26. The molecule has 6 heteroatoms. The second kappa shape index (κ2) is 7.84. The van der Waals surface area contributed by atoms with Crippen molar-refractivity contribution in [2.24, 2.45) is 5.10 Å². The molecule has 0 aliphatic carbocycles. The Morgan fingerprint density at radius 3 is 2.61 bits per heavy atom. The van der Waals surface area contributed by atoms with E-state index in [0.29, 0.717) is 12.0 Å². The molecular formula is C17H19N3O3. The van der Waals surface area contributed by atoms with Gasteiger partial charge in [-0.25, -0.2) is 5.43 Å². The van der Waals surface area contributed by atoms with Gasteiger partial charge in [0.05, 0.1) is 6.21 Å². The van der Waals surface area contributed by atoms with E-state index < -0.39 is 6.04 Å². The SMILES string of the molecule is CC[C@H](Nc1ccccc1)C(=O)N/N=C\c1ccc(O)cc1O. The van der Waals surface area contributed by atoms with Gasteiger partial charge >= 0.3 is 0 Å². The van der Waals surface area contributed by atoms with Gasteiger partial charge in [0.1, 0.15) is 17.5 Å². The Balaban J connectivity index is 1.95. The lowest BCUT2D eigenvalue weighted by molar-refractivity contribution is -0.121. The minimum absolute atomic E-state index is 0.0400. The van der Waals surface area contributed by atoms with E-state index in [1.54, 1.807) is 0 Å². The van der Waals surface area contributed by atoms with Gasteiger partial charge in [0, 0.05) is 17.3 Å². The maximum atomic E-state index is 12.1. The number of carbonyl (C=O) groups is 1. The molecule has 120 valence electrons. The van der Waals surface area contributed by atoms with E-state index in [0.717, 1.165) is 5.69 Å². The number of rotatable bonds is 6. The summed E-state index contributed by atoms with van der Waals surface area (Å²) in [5.41, 5.74) is 3.69. The zero-order chi connectivity index (χ0) is 16.7. The minimum Gasteiger partial charge on any atom is -0.508 e. The van der Waals surface area contributed by atoms with Crippen molar-refractivity contribution in [1.82, 2.24) is 5.43 Å². The number of phenolic OH excluding ortho intramolecular Hbond substituents is 2. The van der Waals surface area contributed by atoms with Crippen LogP contribution in [0.3, 0.4) is 0 Å². The van der Waals surface area contributed by atoms with E-state index in [1.165, 1.54) is 24.4 Å². The molecule has 6 nitrogen and oxygen atoms in total. The van der Waals surface area contributed by atoms with Gasteiger partial charge in [0.25, 0.3) is 5.91 Å². The molecular weight excluding hydrogens is 294 g/mol. The predicted molar refractivity (Wildman–Crippen MR) is 89.7 cm³/mol. The largest absolute Gasteiger partial charge is 0.508 e. The first-order chi connectivity index (χ1) is 11.1. The topological polar surface area (TPSA) is 94.0 Å². The lowest BCUT2D eigenvalue weighted by atomic mass is 10.2. The van der Waals surface area contributed by atoms with Crippen LogP contribution in [0.5, 0.6) is 11.5 Å². The Kier molecular flexibility index (Phi) is 5.57. The first-order valence-corrected chi connectivity index (χ1v) is 7.26. The van der Waals surface area contributed by atoms with Crippen LogP contribution in [-0.4, -0.2) is 28.4 Å². The van der Waals surface area contributed by atoms with Gasteiger partial charge in [-0.05, 0) is 30.7 Å². The van der Waals surface area contributed by atoms with Gasteiger partial charge in [-0.15, -0.1) is 0 Å². The third kappa shape index (κ3) is 4.74. The van der Waals surface area contributed by atoms with Crippen LogP contribution in [-0.2, 0) is 4.79 Å². The fourth-order valence-electron chi connectivity index (χ4n) is 1.97. The van der Waals surface area contributed by atoms with Crippen LogP contribution < -0.4 is 10.7 Å². The highest BCUT2D eigenvalue weighted by Gasteiger charge is 2.15. The highest BCUT2D eigenvalue weighted by atomic mass is 16.3. The second-order valence-corrected chi connectivity index (χ2v) is 4.95. The van der Waals surface area contributed by atoms with E-state index >= 15 is 0 Å². The Morgan fingerprint density at radius 1 is 1.22 bits per heavy atom. The van der Waals surface area contributed by atoms with Crippen LogP contribution in [0.15, 0.2) is 53.6 Å². The van der Waals surface area contributed by atoms with E-state index in [4.69, 9.17) is 0 Å². The number of hydrogen-bond acceptors (Lipinski definition) is 5. The Labute approximate surface area is 134 Å². The van der Waals surface area contributed by atoms with Crippen molar-refractivity contribution < 1.29 is 15.0 Å². The number of anilines is 1. The van der Waals surface area contributed by atoms with E-state index in [2.05, 4.69) is 15.8 Å². The average Bonchev–Trinajstić information content (AvgIpc) is 2.55. The molecule has 0 unspecified atom stereocenters. The van der Waals surface area contributed by atoms with Gasteiger partial charge < -0.3 is 15.5 Å². The lowest BCUT2D eigenvalue weighted by Crippen LogP contribution is -2.36. The average molecular weight is 313 g/mol. The lowest BCUT2D eigenvalue weighted by Gasteiger charge is -2.16. The number of nitrogens with zero attached hydrogens (tertiary/aromatic N) is 1. The molecule has 0 radical (unpaired) electrons. The number of para-hydroxylation sites is 1. The molecule has 1 amide bonds. The molecule has 0 saturated carbocycles. The van der Waals surface area contributed by atoms with Gasteiger partial charge in [-0.2, -0.15) is 5.10 Å². The zero-order valence-electron chi connectivity index (χ0n) is 12.7. The molecule has 0 spiro atoms. The number of aromatic hydroxyl groups is 2. The summed E-state index contributed by atoms with van der Waals surface area (Å²) in [6, 6.07) is 13.2. The molecule has 1 atom stereocenters. The summed E-state index contributed by atoms with van der Waals surface area (Å²) in [7, 11) is 0. The molecule has 23 heavy (non-hydrogen) atoms. The summed E-state index contributed by atoms with van der Waals surface area (Å²) >= 11 is 0. The highest BCUT2D eigenvalue weighted by molar-refractivity contribution is 5.88. The molecule has 0 heterocycles. The molecule has 2 aromatic rings. The maximum Gasteiger partial charge on any atom is 0.262 e. The highest BCUT2D eigenvalue weighted by Crippen LogP contribution is 2.20. The van der Waals surface area contributed by atoms with Crippen LogP contribution in [0, 0.1) is 0 Å². The van der Waals surface area contributed by atoms with Crippen LogP contribution in [0.2, 0.25) is 0 Å². The molecule has 4 N–H and O–H groups in total. The molecule has 0 bridgehead atoms. The van der Waals surface area contributed by atoms with Crippen molar-refractivity contribution in [3.05, 3.63) is 54.1 Å². The number of nitrogens with one attached hydrogen (secondary N) is 2. The first kappa shape index (κ1) is 16.4. The van der Waals surface area contributed by atoms with Gasteiger partial charge in [0.15, 0.2) is 0 Å². The van der Waals surface area contributed by atoms with Gasteiger partial charge in [-0.3, -0.25) is 4.79 Å². The zero-order valence-corrected chi connectivity index (χ0v) is 12.7. The van der Waals surface area contributed by atoms with Crippen molar-refractivity contribution in [3.8, 4) is 11.5 Å². The number of amides is 1. The van der Waals surface area contributed by atoms with Crippen LogP contribution in [0.1, 0.15) is 18.9 Å². The number of benzene rings is 2. The van der Waals surface area contributed by atoms with Crippen molar-refractivity contribution in [2.75, 3.05) is 5.32 Å². The summed E-state index contributed by atoms with van der Waals surface area (Å²) in [4.78, 5) is 12.1. The van der Waals surface area contributed by atoms with Crippen LogP contribution in [0.25, 0.3) is 0 Å². The number of hydrogen-bond donors (Lipinski definition) is 4. The van der Waals surface area contributed by atoms with Gasteiger partial charge in [0.2, 0.25) is 0 Å². The normalized spacial score (nSPS) is 12.0. The summed E-state index contributed by atoms with van der Waals surface area (Å²) in [6.45, 7) is 1.90. The fraction of sp³-hybridized carbons (Fsp3) is 0.176. The minimum atomic E-state index is -0.414. The third-order valence-corrected chi connectivity index (χ3v) is 3.23. The van der Waals surface area contributed by atoms with Crippen molar-refractivity contribution in [1.29, 1.82) is 0 Å². The number of carbonyl (C=O) groups excluding carboxylic acids is 1.